The molecule has 10 nitrogen and oxygen atoms in total. The molecular weight excluding hydrogens is 452 g/mol. The highest BCUT2D eigenvalue weighted by Gasteiger charge is 2.33. The molecule has 0 atom stereocenters. The summed E-state index contributed by atoms with van der Waals surface area (Å²) >= 11 is 1.01. The molecule has 0 saturated heterocycles. The number of hydrogen-bond donors (Lipinski definition) is 2. The Morgan fingerprint density at radius 1 is 1.18 bits per heavy atom. The molecule has 172 valence electrons. The zero-order valence-electron chi connectivity index (χ0n) is 17.9. The Morgan fingerprint density at radius 3 is 2.45 bits per heavy atom. The fourth-order valence-electron chi connectivity index (χ4n) is 2.96. The molecule has 0 aromatic heterocycles. The fraction of sp³-hybridized carbons (Fsp3) is 0.182. The molecule has 2 N–H and O–H groups in total. The van der Waals surface area contributed by atoms with Gasteiger partial charge in [0.1, 0.15) is 16.4 Å². The summed E-state index contributed by atoms with van der Waals surface area (Å²) in [5, 5.41) is 32.0. The molecular formula is C22H20N2O8S. The number of phenolic OH excluding ortho intramolecular Hbond substituents is 1. The van der Waals surface area contributed by atoms with Crippen LogP contribution in [0.2, 0.25) is 0 Å². The van der Waals surface area contributed by atoms with Gasteiger partial charge in [0.2, 0.25) is 5.75 Å². The number of nitro groups is 1. The highest BCUT2D eigenvalue weighted by atomic mass is 32.2. The van der Waals surface area contributed by atoms with Gasteiger partial charge in [-0.15, -0.1) is 0 Å². The summed E-state index contributed by atoms with van der Waals surface area (Å²) in [5.74, 6) is -0.831. The Hall–Kier alpha value is -3.99. The molecule has 1 heterocycles. The first-order chi connectivity index (χ1) is 15.8. The Labute approximate surface area is 193 Å². The van der Waals surface area contributed by atoms with Crippen LogP contribution in [-0.2, 0) is 9.53 Å². The molecule has 0 spiro atoms. The summed E-state index contributed by atoms with van der Waals surface area (Å²) in [5.41, 5.74) is 0.591. The molecule has 3 rings (SSSR count). The number of nitro benzene ring substituents is 1. The van der Waals surface area contributed by atoms with Gasteiger partial charge in [-0.05, 0) is 42.8 Å². The average Bonchev–Trinajstić information content (AvgIpc) is 3.08. The number of nitrogens with zero attached hydrogens (tertiary/aromatic N) is 2. The van der Waals surface area contributed by atoms with Crippen molar-refractivity contribution in [3.05, 3.63) is 68.3 Å². The number of benzene rings is 2. The molecule has 0 bridgehead atoms. The summed E-state index contributed by atoms with van der Waals surface area (Å²) in [7, 11) is 2.81. The standard InChI is InChI=1S/C22H20N2O8S/c1-4-32-22(27)18-19(26)17(11-12-9-15(25)20(31-3)16(10-12)30-2)33-21(18)23-13-5-7-14(8-6-13)24(28)29/h5-11,25-26H,4H2,1-3H3. The first-order valence-corrected chi connectivity index (χ1v) is 10.4. The van der Waals surface area contributed by atoms with Crippen LogP contribution in [0.15, 0.2) is 57.6 Å². The Balaban J connectivity index is 2.05. The van der Waals surface area contributed by atoms with E-state index in [0.717, 1.165) is 11.8 Å². The van der Waals surface area contributed by atoms with Crippen molar-refractivity contribution in [2.75, 3.05) is 20.8 Å². The van der Waals surface area contributed by atoms with Crippen molar-refractivity contribution in [1.82, 2.24) is 0 Å². The highest BCUT2D eigenvalue weighted by Crippen LogP contribution is 2.42. The second-order valence-corrected chi connectivity index (χ2v) is 7.55. The second-order valence-electron chi connectivity index (χ2n) is 6.52. The van der Waals surface area contributed by atoms with Gasteiger partial charge in [-0.1, -0.05) is 11.8 Å². The SMILES string of the molecule is CCOC(=O)C1=C(O)C(=Cc2cc(O)c(OC)c(OC)c2)SC1=Nc1ccc([N+](=O)[O-])cc1. The van der Waals surface area contributed by atoms with Gasteiger partial charge in [0.15, 0.2) is 11.5 Å². The van der Waals surface area contributed by atoms with Gasteiger partial charge in [0.25, 0.3) is 5.69 Å². The van der Waals surface area contributed by atoms with E-state index in [0.29, 0.717) is 11.3 Å². The van der Waals surface area contributed by atoms with E-state index in [9.17, 15) is 25.1 Å². The number of ether oxygens (including phenoxy) is 3. The summed E-state index contributed by atoms with van der Waals surface area (Å²) in [6, 6.07) is 8.44. The predicted molar refractivity (Wildman–Crippen MR) is 123 cm³/mol. The van der Waals surface area contributed by atoms with Gasteiger partial charge >= 0.3 is 5.97 Å². The average molecular weight is 472 g/mol. The number of aromatic hydroxyl groups is 1. The number of aliphatic hydroxyl groups is 1. The number of carbonyl (C=O) groups excluding carboxylic acids is 1. The zero-order valence-corrected chi connectivity index (χ0v) is 18.7. The van der Waals surface area contributed by atoms with Crippen molar-refractivity contribution in [2.24, 2.45) is 4.99 Å². The maximum Gasteiger partial charge on any atom is 0.344 e. The number of carbonyl (C=O) groups is 1. The quantitative estimate of drug-likeness (QED) is 0.338. The third-order valence-corrected chi connectivity index (χ3v) is 5.46. The van der Waals surface area contributed by atoms with E-state index < -0.39 is 10.9 Å². The number of esters is 1. The minimum atomic E-state index is -0.762. The molecule has 0 amide bonds. The number of non-ortho nitro benzene ring substituents is 1. The van der Waals surface area contributed by atoms with Crippen LogP contribution < -0.4 is 9.47 Å². The lowest BCUT2D eigenvalue weighted by molar-refractivity contribution is -0.384. The first kappa shape index (κ1) is 23.7. The van der Waals surface area contributed by atoms with Crippen molar-refractivity contribution in [2.45, 2.75) is 6.92 Å². The number of aliphatic imine (C=N–C) groups is 1. The highest BCUT2D eigenvalue weighted by molar-refractivity contribution is 8.18. The predicted octanol–water partition coefficient (Wildman–Crippen LogP) is 4.51. The molecule has 2 aromatic rings. The summed E-state index contributed by atoms with van der Waals surface area (Å²) < 4.78 is 15.4. The molecule has 0 aliphatic carbocycles. The molecule has 1 aliphatic heterocycles. The van der Waals surface area contributed by atoms with Crippen LogP contribution in [0.5, 0.6) is 17.2 Å². The van der Waals surface area contributed by atoms with Crippen LogP contribution in [-0.4, -0.2) is 47.0 Å². The van der Waals surface area contributed by atoms with Crippen LogP contribution in [0.1, 0.15) is 12.5 Å². The van der Waals surface area contributed by atoms with Crippen molar-refractivity contribution < 1.29 is 34.1 Å². The van der Waals surface area contributed by atoms with Crippen LogP contribution in [0.4, 0.5) is 11.4 Å². The first-order valence-electron chi connectivity index (χ1n) is 9.57. The lowest BCUT2D eigenvalue weighted by Crippen LogP contribution is -2.12. The van der Waals surface area contributed by atoms with E-state index in [-0.39, 0.29) is 50.8 Å². The minimum absolute atomic E-state index is 0.0910. The largest absolute Gasteiger partial charge is 0.506 e. The summed E-state index contributed by atoms with van der Waals surface area (Å²) in [4.78, 5) is 27.5. The number of aliphatic hydroxyl groups excluding tert-OH is 1. The van der Waals surface area contributed by atoms with Crippen molar-refractivity contribution in [1.29, 1.82) is 0 Å². The van der Waals surface area contributed by atoms with E-state index in [1.165, 1.54) is 44.6 Å². The molecule has 1 aliphatic rings. The molecule has 2 aromatic carbocycles. The maximum atomic E-state index is 12.5. The van der Waals surface area contributed by atoms with Crippen LogP contribution in [0, 0.1) is 10.1 Å². The summed E-state index contributed by atoms with van der Waals surface area (Å²) in [6.45, 7) is 1.72. The Kier molecular flexibility index (Phi) is 7.23. The lowest BCUT2D eigenvalue weighted by Gasteiger charge is -2.10. The molecule has 0 fully saturated rings. The van der Waals surface area contributed by atoms with E-state index in [4.69, 9.17) is 14.2 Å². The number of rotatable bonds is 7. The number of thioether (sulfide) groups is 1. The minimum Gasteiger partial charge on any atom is -0.506 e. The fourth-order valence-corrected chi connectivity index (χ4v) is 3.99. The van der Waals surface area contributed by atoms with E-state index >= 15 is 0 Å². The van der Waals surface area contributed by atoms with E-state index in [1.54, 1.807) is 19.1 Å². The van der Waals surface area contributed by atoms with Crippen LogP contribution >= 0.6 is 11.8 Å². The van der Waals surface area contributed by atoms with Gasteiger partial charge < -0.3 is 24.4 Å². The smallest absolute Gasteiger partial charge is 0.344 e. The van der Waals surface area contributed by atoms with Gasteiger partial charge in [-0.3, -0.25) is 10.1 Å². The van der Waals surface area contributed by atoms with Crippen molar-refractivity contribution in [3.63, 3.8) is 0 Å². The molecule has 11 heteroatoms. The second kappa shape index (κ2) is 10.1. The Morgan fingerprint density at radius 2 is 1.88 bits per heavy atom. The molecule has 0 saturated carbocycles. The molecule has 0 radical (unpaired) electrons. The van der Waals surface area contributed by atoms with Crippen LogP contribution in [0.3, 0.4) is 0 Å². The lowest BCUT2D eigenvalue weighted by atomic mass is 10.1. The topological polar surface area (TPSA) is 141 Å². The molecule has 33 heavy (non-hydrogen) atoms. The van der Waals surface area contributed by atoms with E-state index in [2.05, 4.69) is 4.99 Å². The van der Waals surface area contributed by atoms with Gasteiger partial charge in [0, 0.05) is 12.1 Å². The third kappa shape index (κ3) is 5.09. The normalized spacial score (nSPS) is 15.7. The number of phenols is 1. The van der Waals surface area contributed by atoms with Crippen molar-refractivity contribution >= 4 is 40.2 Å². The number of hydrogen-bond acceptors (Lipinski definition) is 10. The zero-order chi connectivity index (χ0) is 24.1. The monoisotopic (exact) mass is 472 g/mol. The van der Waals surface area contributed by atoms with Gasteiger partial charge in [-0.25, -0.2) is 9.79 Å². The maximum absolute atomic E-state index is 12.5. The Bertz CT molecular complexity index is 1190. The number of methoxy groups -OCH3 is 2. The van der Waals surface area contributed by atoms with Crippen LogP contribution in [0.25, 0.3) is 6.08 Å². The molecule has 0 unspecified atom stereocenters. The summed E-state index contributed by atoms with van der Waals surface area (Å²) in [6.07, 6.45) is 1.54. The van der Waals surface area contributed by atoms with E-state index in [1.807, 2.05) is 0 Å². The van der Waals surface area contributed by atoms with Gasteiger partial charge in [-0.2, -0.15) is 0 Å². The van der Waals surface area contributed by atoms with Gasteiger partial charge in [0.05, 0.1) is 36.3 Å². The van der Waals surface area contributed by atoms with Crippen molar-refractivity contribution in [3.8, 4) is 17.2 Å². The third-order valence-electron chi connectivity index (χ3n) is 4.44.